The van der Waals surface area contributed by atoms with Crippen molar-refractivity contribution in [2.75, 3.05) is 13.3 Å². The van der Waals surface area contributed by atoms with Gasteiger partial charge in [0.05, 0.1) is 23.0 Å². The summed E-state index contributed by atoms with van der Waals surface area (Å²) in [7, 11) is -0.507. The third-order valence-corrected chi connectivity index (χ3v) is 8.52. The Hall–Kier alpha value is -3.45. The summed E-state index contributed by atoms with van der Waals surface area (Å²) < 4.78 is 70.7. The van der Waals surface area contributed by atoms with Crippen LogP contribution in [-0.2, 0) is 29.8 Å². The van der Waals surface area contributed by atoms with E-state index in [9.17, 15) is 26.4 Å². The third-order valence-electron chi connectivity index (χ3n) is 7.25. The van der Waals surface area contributed by atoms with E-state index < -0.39 is 27.5 Å². The molecule has 1 atom stereocenters. The number of rotatable bonds is 7. The van der Waals surface area contributed by atoms with Crippen LogP contribution in [0.25, 0.3) is 11.2 Å². The summed E-state index contributed by atoms with van der Waals surface area (Å²) in [6.07, 6.45) is 3.43. The highest BCUT2D eigenvalue weighted by Gasteiger charge is 2.35. The minimum atomic E-state index is -4.76. The van der Waals surface area contributed by atoms with Gasteiger partial charge in [-0.2, -0.15) is 13.2 Å². The van der Waals surface area contributed by atoms with Crippen LogP contribution >= 0.6 is 0 Å². The molecule has 0 spiro atoms. The maximum atomic E-state index is 14.0. The number of benzene rings is 1. The topological polar surface area (TPSA) is 94.5 Å². The zero-order valence-corrected chi connectivity index (χ0v) is 21.9. The van der Waals surface area contributed by atoms with E-state index in [1.54, 1.807) is 18.5 Å². The number of fused-ring (bicyclic) bond motifs is 1. The SMILES string of the molecule is CN(Cc1cc(C(F)(F)F)c2cn(-c3cccc([C@H](c4nncn4C)C4CCC4)c3)c(=O)n2c1)S(C)(=O)=O. The molecule has 3 heterocycles. The van der Waals surface area contributed by atoms with Crippen molar-refractivity contribution in [2.24, 2.45) is 13.0 Å². The molecule has 3 aromatic heterocycles. The maximum Gasteiger partial charge on any atom is 0.418 e. The van der Waals surface area contributed by atoms with Crippen molar-refractivity contribution in [3.8, 4) is 5.69 Å². The number of aryl methyl sites for hydroxylation is 1. The van der Waals surface area contributed by atoms with E-state index in [2.05, 4.69) is 10.2 Å². The average Bonchev–Trinajstić information content (AvgIpc) is 3.37. The van der Waals surface area contributed by atoms with Gasteiger partial charge in [0, 0.05) is 39.0 Å². The van der Waals surface area contributed by atoms with Crippen LogP contribution < -0.4 is 5.69 Å². The van der Waals surface area contributed by atoms with E-state index >= 15 is 0 Å². The molecular formula is C25H27F3N6O3S. The van der Waals surface area contributed by atoms with Crippen LogP contribution in [0.3, 0.4) is 0 Å². The molecule has 0 bridgehead atoms. The second kappa shape index (κ2) is 9.38. The molecule has 38 heavy (non-hydrogen) atoms. The summed E-state index contributed by atoms with van der Waals surface area (Å²) in [5, 5.41) is 8.32. The minimum absolute atomic E-state index is 0.0404. The summed E-state index contributed by atoms with van der Waals surface area (Å²) in [6, 6.07) is 8.08. The van der Waals surface area contributed by atoms with Crippen LogP contribution in [0.15, 0.2) is 53.8 Å². The van der Waals surface area contributed by atoms with Crippen LogP contribution in [-0.4, -0.2) is 49.8 Å². The summed E-state index contributed by atoms with van der Waals surface area (Å²) in [5.41, 5.74) is -0.663. The molecule has 1 aliphatic carbocycles. The second-order valence-electron chi connectivity index (χ2n) is 9.88. The lowest BCUT2D eigenvalue weighted by atomic mass is 9.72. The van der Waals surface area contributed by atoms with E-state index in [-0.39, 0.29) is 23.5 Å². The highest BCUT2D eigenvalue weighted by molar-refractivity contribution is 7.88. The largest absolute Gasteiger partial charge is 0.418 e. The normalized spacial score (nSPS) is 15.8. The van der Waals surface area contributed by atoms with Crippen LogP contribution in [0.5, 0.6) is 0 Å². The second-order valence-corrected chi connectivity index (χ2v) is 12.0. The third kappa shape index (κ3) is 4.75. The Morgan fingerprint density at radius 2 is 1.92 bits per heavy atom. The van der Waals surface area contributed by atoms with Crippen molar-refractivity contribution in [3.05, 3.63) is 82.1 Å². The molecule has 0 radical (unpaired) electrons. The Balaban J connectivity index is 1.63. The van der Waals surface area contributed by atoms with Crippen molar-refractivity contribution >= 4 is 15.5 Å². The lowest BCUT2D eigenvalue weighted by Gasteiger charge is -2.33. The molecule has 0 saturated heterocycles. The van der Waals surface area contributed by atoms with E-state index in [0.29, 0.717) is 11.6 Å². The zero-order valence-electron chi connectivity index (χ0n) is 21.1. The van der Waals surface area contributed by atoms with Gasteiger partial charge in [0.15, 0.2) is 0 Å². The Bertz CT molecular complexity index is 1670. The number of sulfonamides is 1. The molecule has 9 nitrogen and oxygen atoms in total. The lowest BCUT2D eigenvalue weighted by molar-refractivity contribution is -0.136. The molecule has 13 heteroatoms. The van der Waals surface area contributed by atoms with Crippen LogP contribution in [0.4, 0.5) is 13.2 Å². The highest BCUT2D eigenvalue weighted by Crippen LogP contribution is 2.43. The zero-order chi connectivity index (χ0) is 27.4. The smallest absolute Gasteiger partial charge is 0.320 e. The summed E-state index contributed by atoms with van der Waals surface area (Å²) >= 11 is 0. The quantitative estimate of drug-likeness (QED) is 0.352. The molecule has 1 aromatic carbocycles. The summed E-state index contributed by atoms with van der Waals surface area (Å²) in [6.45, 7) is -0.314. The van der Waals surface area contributed by atoms with Gasteiger partial charge in [-0.3, -0.25) is 8.97 Å². The molecule has 0 N–H and O–H groups in total. The number of halogens is 3. The van der Waals surface area contributed by atoms with E-state index in [4.69, 9.17) is 0 Å². The van der Waals surface area contributed by atoms with Crippen molar-refractivity contribution in [1.29, 1.82) is 0 Å². The number of hydrogen-bond donors (Lipinski definition) is 0. The van der Waals surface area contributed by atoms with Gasteiger partial charge >= 0.3 is 11.9 Å². The van der Waals surface area contributed by atoms with Crippen LogP contribution in [0.2, 0.25) is 0 Å². The number of nitrogens with zero attached hydrogens (tertiary/aromatic N) is 6. The van der Waals surface area contributed by atoms with Crippen molar-refractivity contribution in [3.63, 3.8) is 0 Å². The maximum absolute atomic E-state index is 14.0. The fourth-order valence-electron chi connectivity index (χ4n) is 4.97. The minimum Gasteiger partial charge on any atom is -0.320 e. The summed E-state index contributed by atoms with van der Waals surface area (Å²) in [5.74, 6) is 1.08. The molecule has 202 valence electrons. The Morgan fingerprint density at radius 3 is 2.50 bits per heavy atom. The van der Waals surface area contributed by atoms with Crippen molar-refractivity contribution in [1.82, 2.24) is 28.0 Å². The lowest BCUT2D eigenvalue weighted by Crippen LogP contribution is -2.26. The fraction of sp³-hybridized carbons (Fsp3) is 0.400. The van der Waals surface area contributed by atoms with Gasteiger partial charge in [-0.1, -0.05) is 18.6 Å². The summed E-state index contributed by atoms with van der Waals surface area (Å²) in [4.78, 5) is 13.4. The van der Waals surface area contributed by atoms with Gasteiger partial charge < -0.3 is 4.57 Å². The van der Waals surface area contributed by atoms with Gasteiger partial charge in [0.1, 0.15) is 12.2 Å². The molecule has 1 aliphatic rings. The molecule has 0 aliphatic heterocycles. The first-order valence-electron chi connectivity index (χ1n) is 12.0. The number of pyridine rings is 1. The number of aromatic nitrogens is 5. The molecule has 0 unspecified atom stereocenters. The van der Waals surface area contributed by atoms with Crippen molar-refractivity contribution < 1.29 is 21.6 Å². The first-order chi connectivity index (χ1) is 17.8. The molecule has 5 rings (SSSR count). The number of alkyl halides is 3. The fourth-order valence-corrected chi connectivity index (χ4v) is 5.35. The monoisotopic (exact) mass is 548 g/mol. The van der Waals surface area contributed by atoms with Crippen LogP contribution in [0, 0.1) is 5.92 Å². The number of imidazole rings is 1. The Labute approximate surface area is 217 Å². The van der Waals surface area contributed by atoms with Crippen molar-refractivity contribution in [2.45, 2.75) is 37.9 Å². The molecule has 1 fully saturated rings. The molecular weight excluding hydrogens is 521 g/mol. The van der Waals surface area contributed by atoms with E-state index in [1.807, 2.05) is 23.7 Å². The number of hydrogen-bond acceptors (Lipinski definition) is 5. The van der Waals surface area contributed by atoms with Gasteiger partial charge in [0.2, 0.25) is 10.0 Å². The van der Waals surface area contributed by atoms with Gasteiger partial charge in [-0.25, -0.2) is 17.5 Å². The first kappa shape index (κ1) is 26.2. The first-order valence-corrected chi connectivity index (χ1v) is 13.9. The predicted octanol–water partition coefficient (Wildman–Crippen LogP) is 3.56. The Kier molecular flexibility index (Phi) is 6.46. The van der Waals surface area contributed by atoms with E-state index in [0.717, 1.165) is 51.7 Å². The van der Waals surface area contributed by atoms with Gasteiger partial charge in [0.25, 0.3) is 0 Å². The highest BCUT2D eigenvalue weighted by atomic mass is 32.2. The standard InChI is InChI=1S/C25H27F3N6O3S/c1-31-15-29-30-23(31)22(17-6-4-7-17)18-8-5-9-19(11-18)33-14-21-20(25(26,27)28)10-16(13-34(21)24(33)35)12-32(2)38(3,36)37/h5,8-11,13-15,17,22H,4,6-7,12H2,1-3H3/t22-/m1/s1. The average molecular weight is 549 g/mol. The van der Waals surface area contributed by atoms with E-state index in [1.165, 1.54) is 24.0 Å². The Morgan fingerprint density at radius 1 is 1.18 bits per heavy atom. The molecule has 0 amide bonds. The van der Waals surface area contributed by atoms with Crippen LogP contribution in [0.1, 0.15) is 47.7 Å². The molecule has 1 saturated carbocycles. The molecule has 4 aromatic rings. The van der Waals surface area contributed by atoms with Gasteiger partial charge in [-0.15, -0.1) is 10.2 Å². The van der Waals surface area contributed by atoms with Gasteiger partial charge in [-0.05, 0) is 48.1 Å². The predicted molar refractivity (Wildman–Crippen MR) is 134 cm³/mol.